The smallest absolute Gasteiger partial charge is 0.347 e. The van der Waals surface area contributed by atoms with Crippen LogP contribution in [0.4, 0.5) is 15.9 Å². The molecule has 0 bridgehead atoms. The van der Waals surface area contributed by atoms with Gasteiger partial charge in [-0.2, -0.15) is 0 Å². The van der Waals surface area contributed by atoms with Crippen LogP contribution >= 0.6 is 11.6 Å². The average Bonchev–Trinajstić information content (AvgIpc) is 3.24. The Hall–Kier alpha value is -2.92. The van der Waals surface area contributed by atoms with Crippen LogP contribution in [0.1, 0.15) is 6.42 Å². The molecule has 2 aromatic heterocycles. The number of anilines is 2. The van der Waals surface area contributed by atoms with Gasteiger partial charge in [-0.3, -0.25) is 4.52 Å². The van der Waals surface area contributed by atoms with E-state index in [0.29, 0.717) is 5.82 Å². The van der Waals surface area contributed by atoms with Gasteiger partial charge in [0.1, 0.15) is 17.7 Å². The molecule has 12 heteroatoms. The maximum absolute atomic E-state index is 13.6. The van der Waals surface area contributed by atoms with Crippen LogP contribution in [0, 0.1) is 12.7 Å². The highest BCUT2D eigenvalue weighted by Gasteiger charge is 2.38. The predicted octanol–water partition coefficient (Wildman–Crippen LogP) is 2.42. The van der Waals surface area contributed by atoms with Crippen LogP contribution < -0.4 is 15.4 Å². The summed E-state index contributed by atoms with van der Waals surface area (Å²) in [5.41, 5.74) is 0.683. The first-order valence-electron chi connectivity index (χ1n) is 8.31. The number of fused-ring (bicyclic) bond motifs is 1. The standard InChI is InChI=1S/C17H14ClFN5O4S/c1-3-13-21-15-14(24(13)29(2,26)27)10(6-7-20-15)16-22-28-17(25)23(16)9-4-5-12(19)11(18)8-9/h4-8,13H,1,3H2,2H3,(H,20,21). The summed E-state index contributed by atoms with van der Waals surface area (Å²) in [6.07, 6.45) is 2.07. The molecule has 4 rings (SSSR count). The van der Waals surface area contributed by atoms with Gasteiger partial charge in [0.2, 0.25) is 10.0 Å². The van der Waals surface area contributed by atoms with Crippen LogP contribution in [0.25, 0.3) is 17.1 Å². The van der Waals surface area contributed by atoms with Crippen molar-refractivity contribution in [1.82, 2.24) is 14.7 Å². The van der Waals surface area contributed by atoms with E-state index in [4.69, 9.17) is 16.1 Å². The number of hydrogen-bond donors (Lipinski definition) is 1. The van der Waals surface area contributed by atoms with E-state index in [1.54, 1.807) is 0 Å². The third-order valence-electron chi connectivity index (χ3n) is 4.37. The zero-order valence-electron chi connectivity index (χ0n) is 15.0. The van der Waals surface area contributed by atoms with Crippen LogP contribution in [-0.4, -0.2) is 35.5 Å². The van der Waals surface area contributed by atoms with Gasteiger partial charge in [0, 0.05) is 6.20 Å². The molecule has 0 amide bonds. The first kappa shape index (κ1) is 19.4. The van der Waals surface area contributed by atoms with Crippen LogP contribution in [0.3, 0.4) is 0 Å². The molecule has 3 heterocycles. The topological polar surface area (TPSA) is 110 Å². The summed E-state index contributed by atoms with van der Waals surface area (Å²) in [5.74, 6) is -1.20. The van der Waals surface area contributed by atoms with Gasteiger partial charge in [0.15, 0.2) is 11.6 Å². The predicted molar refractivity (Wildman–Crippen MR) is 105 cm³/mol. The Bertz CT molecular complexity index is 1270. The molecule has 0 saturated heterocycles. The van der Waals surface area contributed by atoms with Crippen LogP contribution in [0.2, 0.25) is 5.02 Å². The number of halogens is 2. The van der Waals surface area contributed by atoms with Gasteiger partial charge in [0.05, 0.1) is 22.5 Å². The second kappa shape index (κ2) is 6.85. The van der Waals surface area contributed by atoms with E-state index in [1.807, 2.05) is 0 Å². The first-order valence-corrected chi connectivity index (χ1v) is 10.5. The Kier molecular flexibility index (Phi) is 4.58. The van der Waals surface area contributed by atoms with Crippen molar-refractivity contribution < 1.29 is 17.3 Å². The minimum absolute atomic E-state index is 0.0106. The fourth-order valence-corrected chi connectivity index (χ4v) is 4.51. The fourth-order valence-electron chi connectivity index (χ4n) is 3.19. The second-order valence-corrected chi connectivity index (χ2v) is 8.54. The summed E-state index contributed by atoms with van der Waals surface area (Å²) >= 11 is 5.84. The zero-order valence-corrected chi connectivity index (χ0v) is 16.5. The molecule has 1 aliphatic heterocycles. The number of aromatic nitrogens is 3. The summed E-state index contributed by atoms with van der Waals surface area (Å²) in [7, 11) is -3.72. The second-order valence-electron chi connectivity index (χ2n) is 6.27. The molecule has 1 N–H and O–H groups in total. The molecule has 0 aliphatic carbocycles. The highest BCUT2D eigenvalue weighted by atomic mass is 35.5. The van der Waals surface area contributed by atoms with Gasteiger partial charge in [-0.25, -0.2) is 31.5 Å². The van der Waals surface area contributed by atoms with Crippen molar-refractivity contribution in [1.29, 1.82) is 0 Å². The molecular formula is C17H14ClFN5O4S. The number of nitrogens with one attached hydrogen (secondary N) is 1. The molecule has 1 atom stereocenters. The van der Waals surface area contributed by atoms with E-state index in [0.717, 1.165) is 21.2 Å². The Morgan fingerprint density at radius 2 is 2.14 bits per heavy atom. The molecule has 151 valence electrons. The molecule has 1 unspecified atom stereocenters. The molecule has 1 aromatic carbocycles. The maximum Gasteiger partial charge on any atom is 0.446 e. The van der Waals surface area contributed by atoms with E-state index < -0.39 is 27.8 Å². The fraction of sp³-hybridized carbons (Fsp3) is 0.176. The van der Waals surface area contributed by atoms with E-state index in [-0.39, 0.29) is 34.2 Å². The van der Waals surface area contributed by atoms with Crippen molar-refractivity contribution in [2.24, 2.45) is 0 Å². The van der Waals surface area contributed by atoms with Crippen molar-refractivity contribution in [2.75, 3.05) is 15.9 Å². The Morgan fingerprint density at radius 1 is 1.38 bits per heavy atom. The third kappa shape index (κ3) is 3.15. The molecule has 29 heavy (non-hydrogen) atoms. The number of benzene rings is 1. The van der Waals surface area contributed by atoms with E-state index >= 15 is 0 Å². The van der Waals surface area contributed by atoms with E-state index in [2.05, 4.69) is 22.4 Å². The monoisotopic (exact) mass is 438 g/mol. The number of pyridine rings is 1. The number of rotatable bonds is 4. The van der Waals surface area contributed by atoms with Crippen LogP contribution in [-0.2, 0) is 10.0 Å². The van der Waals surface area contributed by atoms with Gasteiger partial charge in [-0.15, -0.1) is 0 Å². The van der Waals surface area contributed by atoms with Crippen molar-refractivity contribution in [3.63, 3.8) is 0 Å². The zero-order chi connectivity index (χ0) is 20.9. The molecule has 3 aromatic rings. The Labute approximate surface area is 169 Å². The first-order chi connectivity index (χ1) is 13.7. The number of nitrogens with zero attached hydrogens (tertiary/aromatic N) is 4. The maximum atomic E-state index is 13.6. The van der Waals surface area contributed by atoms with E-state index in [1.165, 1.54) is 24.4 Å². The van der Waals surface area contributed by atoms with Crippen molar-refractivity contribution in [3.05, 3.63) is 58.8 Å². The van der Waals surface area contributed by atoms with Gasteiger partial charge >= 0.3 is 5.76 Å². The molecule has 1 radical (unpaired) electrons. The van der Waals surface area contributed by atoms with Gasteiger partial charge in [-0.1, -0.05) is 16.8 Å². The largest absolute Gasteiger partial charge is 0.446 e. The number of sulfonamides is 1. The summed E-state index contributed by atoms with van der Waals surface area (Å²) in [4.78, 5) is 16.5. The van der Waals surface area contributed by atoms with Crippen LogP contribution in [0.15, 0.2) is 39.8 Å². The van der Waals surface area contributed by atoms with Crippen molar-refractivity contribution in [2.45, 2.75) is 12.6 Å². The SMILES string of the molecule is [CH2]CC1Nc2nccc(-c3noc(=O)n3-c3ccc(F)c(Cl)c3)c2N1S(C)(=O)=O. The molecule has 9 nitrogen and oxygen atoms in total. The lowest BCUT2D eigenvalue weighted by molar-refractivity contribution is 0.383. The Balaban J connectivity index is 1.97. The Morgan fingerprint density at radius 3 is 2.79 bits per heavy atom. The average molecular weight is 439 g/mol. The lowest BCUT2D eigenvalue weighted by Gasteiger charge is -2.24. The summed E-state index contributed by atoms with van der Waals surface area (Å²) in [6, 6.07) is 5.17. The molecule has 1 aliphatic rings. The quantitative estimate of drug-likeness (QED) is 0.665. The molecule has 0 fully saturated rings. The molecular weight excluding hydrogens is 425 g/mol. The summed E-state index contributed by atoms with van der Waals surface area (Å²) in [5, 5.41) is 6.60. The lowest BCUT2D eigenvalue weighted by Crippen LogP contribution is -2.39. The third-order valence-corrected chi connectivity index (χ3v) is 5.81. The van der Waals surface area contributed by atoms with Crippen molar-refractivity contribution in [3.8, 4) is 17.1 Å². The van der Waals surface area contributed by atoms with Gasteiger partial charge in [0.25, 0.3) is 0 Å². The van der Waals surface area contributed by atoms with Crippen molar-refractivity contribution >= 4 is 33.1 Å². The highest BCUT2D eigenvalue weighted by Crippen LogP contribution is 2.42. The minimum atomic E-state index is -3.72. The van der Waals surface area contributed by atoms with Gasteiger partial charge < -0.3 is 5.32 Å². The van der Waals surface area contributed by atoms with E-state index in [9.17, 15) is 17.6 Å². The van der Waals surface area contributed by atoms with Crippen LogP contribution in [0.5, 0.6) is 0 Å². The lowest BCUT2D eigenvalue weighted by atomic mass is 10.2. The highest BCUT2D eigenvalue weighted by molar-refractivity contribution is 7.92. The molecule has 0 spiro atoms. The number of hydrogen-bond acceptors (Lipinski definition) is 7. The molecule has 0 saturated carbocycles. The van der Waals surface area contributed by atoms with Gasteiger partial charge in [-0.05, 0) is 37.6 Å². The summed E-state index contributed by atoms with van der Waals surface area (Å²) in [6.45, 7) is 3.77. The summed E-state index contributed by atoms with van der Waals surface area (Å²) < 4.78 is 45.5. The normalized spacial score (nSPS) is 16.0. The minimum Gasteiger partial charge on any atom is -0.347 e.